The monoisotopic (exact) mass is 1030 g/mol. The lowest BCUT2D eigenvalue weighted by molar-refractivity contribution is -0.870. The van der Waals surface area contributed by atoms with E-state index in [-0.39, 0.29) is 19.1 Å². The number of nitrogens with zero attached hydrogens (tertiary/aromatic N) is 1. The highest BCUT2D eigenvalue weighted by molar-refractivity contribution is 7.45. The number of hydrogen-bond donors (Lipinski definition) is 2. The summed E-state index contributed by atoms with van der Waals surface area (Å²) in [6.07, 6.45) is 75.6. The number of quaternary nitrogens is 1. The molecule has 0 aliphatic rings. The van der Waals surface area contributed by atoms with Crippen molar-refractivity contribution in [2.45, 2.75) is 270 Å². The molecule has 0 rings (SSSR count). The first-order chi connectivity index (χ1) is 35.0. The van der Waals surface area contributed by atoms with Gasteiger partial charge in [-0.2, -0.15) is 0 Å². The molecule has 0 saturated carbocycles. The van der Waals surface area contributed by atoms with Gasteiger partial charge in [-0.15, -0.1) is 0 Å². The lowest BCUT2D eigenvalue weighted by Gasteiger charge is -2.29. The maximum Gasteiger partial charge on any atom is 0.268 e. The Morgan fingerprint density at radius 1 is 0.500 bits per heavy atom. The Morgan fingerprint density at radius 3 is 1.24 bits per heavy atom. The summed E-state index contributed by atoms with van der Waals surface area (Å²) >= 11 is 0. The fourth-order valence-electron chi connectivity index (χ4n) is 8.45. The Labute approximate surface area is 446 Å². The quantitative estimate of drug-likeness (QED) is 0.0272. The van der Waals surface area contributed by atoms with Gasteiger partial charge in [0.25, 0.3) is 7.82 Å². The maximum absolute atomic E-state index is 12.9. The molecule has 8 nitrogen and oxygen atoms in total. The molecule has 72 heavy (non-hydrogen) atoms. The van der Waals surface area contributed by atoms with Crippen molar-refractivity contribution in [3.63, 3.8) is 0 Å². The Balaban J connectivity index is 3.82. The number of aliphatic hydroxyl groups is 1. The van der Waals surface area contributed by atoms with Crippen molar-refractivity contribution in [3.05, 3.63) is 85.1 Å². The predicted octanol–water partition coefficient (Wildman–Crippen LogP) is 17.8. The van der Waals surface area contributed by atoms with E-state index in [1.165, 1.54) is 161 Å². The number of phosphoric ester groups is 1. The number of carbonyl (C=O) groups excluding carboxylic acids is 1. The minimum Gasteiger partial charge on any atom is -0.756 e. The van der Waals surface area contributed by atoms with Crippen LogP contribution in [-0.4, -0.2) is 68.5 Å². The van der Waals surface area contributed by atoms with Crippen LogP contribution in [0.2, 0.25) is 0 Å². The number of aliphatic hydroxyl groups excluding tert-OH is 1. The fourth-order valence-corrected chi connectivity index (χ4v) is 9.17. The van der Waals surface area contributed by atoms with Crippen molar-refractivity contribution in [2.75, 3.05) is 40.9 Å². The first-order valence-electron chi connectivity index (χ1n) is 29.9. The number of phosphoric acid groups is 1. The zero-order chi connectivity index (χ0) is 52.7. The van der Waals surface area contributed by atoms with Crippen molar-refractivity contribution in [1.29, 1.82) is 0 Å². The zero-order valence-corrected chi connectivity index (χ0v) is 48.5. The number of allylic oxidation sites excluding steroid dienone is 13. The summed E-state index contributed by atoms with van der Waals surface area (Å²) in [5.74, 6) is -0.199. The highest BCUT2D eigenvalue weighted by Crippen LogP contribution is 2.38. The highest BCUT2D eigenvalue weighted by atomic mass is 31.2. The van der Waals surface area contributed by atoms with Crippen molar-refractivity contribution in [2.24, 2.45) is 0 Å². The number of unbranched alkanes of at least 4 members (excludes halogenated alkanes) is 29. The number of nitrogens with one attached hydrogen (secondary N) is 1. The summed E-state index contributed by atoms with van der Waals surface area (Å²) in [5, 5.41) is 13.8. The van der Waals surface area contributed by atoms with Crippen LogP contribution in [-0.2, 0) is 18.4 Å². The van der Waals surface area contributed by atoms with Gasteiger partial charge in [0.2, 0.25) is 5.91 Å². The van der Waals surface area contributed by atoms with E-state index in [9.17, 15) is 19.4 Å². The van der Waals surface area contributed by atoms with Gasteiger partial charge in [-0.25, -0.2) is 0 Å². The summed E-state index contributed by atoms with van der Waals surface area (Å²) in [7, 11) is 1.26. The second-order valence-electron chi connectivity index (χ2n) is 21.3. The van der Waals surface area contributed by atoms with Crippen LogP contribution in [0.25, 0.3) is 0 Å². The van der Waals surface area contributed by atoms with Crippen LogP contribution in [0.4, 0.5) is 0 Å². The SMILES string of the molecule is CC/C=C\C/C=C\C/C=C\C/C=C\C/C=C\C/C=C\CCCCCCCCCCCCCCCCCCCCCCCCC(=O)NC(COP(=O)([O-])OCC[N+](C)(C)C)C(O)/C=C/CCCCCCCCC. The number of carbonyl (C=O) groups is 1. The van der Waals surface area contributed by atoms with Crippen molar-refractivity contribution in [3.8, 4) is 0 Å². The van der Waals surface area contributed by atoms with E-state index in [1.54, 1.807) is 6.08 Å². The highest BCUT2D eigenvalue weighted by Gasteiger charge is 2.23. The number of rotatable bonds is 54. The van der Waals surface area contributed by atoms with E-state index < -0.39 is 20.0 Å². The Morgan fingerprint density at radius 2 is 0.847 bits per heavy atom. The molecule has 0 aromatic carbocycles. The van der Waals surface area contributed by atoms with Crippen LogP contribution in [0.5, 0.6) is 0 Å². The Bertz CT molecular complexity index is 1450. The van der Waals surface area contributed by atoms with Crippen LogP contribution in [0, 0.1) is 0 Å². The maximum atomic E-state index is 12.9. The van der Waals surface area contributed by atoms with Gasteiger partial charge in [0.1, 0.15) is 13.2 Å². The molecule has 0 aromatic rings. The average Bonchev–Trinajstić information content (AvgIpc) is 3.34. The number of hydrogen-bond acceptors (Lipinski definition) is 6. The van der Waals surface area contributed by atoms with Crippen LogP contribution < -0.4 is 10.2 Å². The topological polar surface area (TPSA) is 108 Å². The van der Waals surface area contributed by atoms with Crippen molar-refractivity contribution in [1.82, 2.24) is 5.32 Å². The summed E-state index contributed by atoms with van der Waals surface area (Å²) < 4.78 is 23.2. The molecule has 0 radical (unpaired) electrons. The molecule has 0 heterocycles. The summed E-state index contributed by atoms with van der Waals surface area (Å²) in [4.78, 5) is 25.4. The van der Waals surface area contributed by atoms with Crippen LogP contribution in [0.1, 0.15) is 258 Å². The lowest BCUT2D eigenvalue weighted by atomic mass is 10.0. The Kier molecular flexibility index (Phi) is 51.8. The number of amides is 1. The van der Waals surface area contributed by atoms with E-state index in [2.05, 4.69) is 92.1 Å². The smallest absolute Gasteiger partial charge is 0.268 e. The molecule has 0 aromatic heterocycles. The Hall–Kier alpha value is -2.32. The zero-order valence-electron chi connectivity index (χ0n) is 47.6. The molecular formula is C63H115N2O6P. The molecular weight excluding hydrogens is 912 g/mol. The van der Waals surface area contributed by atoms with Gasteiger partial charge in [-0.3, -0.25) is 9.36 Å². The first kappa shape index (κ1) is 69.7. The van der Waals surface area contributed by atoms with E-state index in [0.29, 0.717) is 17.4 Å². The predicted molar refractivity (Wildman–Crippen MR) is 311 cm³/mol. The molecule has 0 aliphatic heterocycles. The second kappa shape index (κ2) is 53.5. The molecule has 0 fully saturated rings. The molecule has 0 saturated heterocycles. The third-order valence-electron chi connectivity index (χ3n) is 13.1. The summed E-state index contributed by atoms with van der Waals surface area (Å²) in [6.45, 7) is 4.50. The minimum atomic E-state index is -4.59. The molecule has 0 spiro atoms. The van der Waals surface area contributed by atoms with Gasteiger partial charge in [-0.1, -0.05) is 266 Å². The van der Waals surface area contributed by atoms with Gasteiger partial charge in [0.05, 0.1) is 39.9 Å². The molecule has 418 valence electrons. The van der Waals surface area contributed by atoms with Crippen LogP contribution in [0.15, 0.2) is 85.1 Å². The standard InChI is InChI=1S/C63H115N2O6P/c1-6-8-10-12-14-16-17-18-19-20-21-22-23-24-25-26-27-28-29-30-31-32-33-34-35-36-37-38-39-40-41-42-43-44-45-46-47-49-51-53-55-57-63(67)64-61(60-71-72(68,69)70-59-58-65(3,4)5)62(66)56-54-52-50-48-15-13-11-9-7-2/h8,10,14,16,18-19,21-22,24-25,27-28,54,56,61-62,66H,6-7,9,11-13,15,17,20,23,26,29-53,55,57-60H2,1-5H3,(H-,64,67,68,69)/b10-8-,16-14-,19-18-,22-21-,25-24-,28-27-,56-54+. The second-order valence-corrected chi connectivity index (χ2v) is 22.7. The van der Waals surface area contributed by atoms with Gasteiger partial charge < -0.3 is 28.8 Å². The average molecular weight is 1030 g/mol. The molecule has 3 unspecified atom stereocenters. The third kappa shape index (κ3) is 55.4. The molecule has 2 N–H and O–H groups in total. The van der Waals surface area contributed by atoms with Gasteiger partial charge in [0.15, 0.2) is 0 Å². The van der Waals surface area contributed by atoms with E-state index in [0.717, 1.165) is 77.0 Å². The summed E-state index contributed by atoms with van der Waals surface area (Å²) in [5.41, 5.74) is 0. The van der Waals surface area contributed by atoms with E-state index >= 15 is 0 Å². The molecule has 0 bridgehead atoms. The fraction of sp³-hybridized carbons (Fsp3) is 0.762. The van der Waals surface area contributed by atoms with Crippen molar-refractivity contribution < 1.29 is 32.9 Å². The summed E-state index contributed by atoms with van der Waals surface area (Å²) in [6, 6.07) is -0.885. The molecule has 0 aliphatic carbocycles. The van der Waals surface area contributed by atoms with Gasteiger partial charge in [-0.05, 0) is 70.6 Å². The lowest BCUT2D eigenvalue weighted by Crippen LogP contribution is -2.45. The third-order valence-corrected chi connectivity index (χ3v) is 14.1. The van der Waals surface area contributed by atoms with Crippen LogP contribution in [0.3, 0.4) is 0 Å². The first-order valence-corrected chi connectivity index (χ1v) is 31.4. The minimum absolute atomic E-state index is 0.00175. The molecule has 3 atom stereocenters. The normalized spacial score (nSPS) is 14.5. The van der Waals surface area contributed by atoms with E-state index in [1.807, 2.05) is 27.2 Å². The van der Waals surface area contributed by atoms with Crippen molar-refractivity contribution >= 4 is 13.7 Å². The van der Waals surface area contributed by atoms with Gasteiger partial charge in [0, 0.05) is 6.42 Å². The molecule has 1 amide bonds. The number of likely N-dealkylation sites (N-methyl/N-ethyl adjacent to an activating group) is 1. The van der Waals surface area contributed by atoms with E-state index in [4.69, 9.17) is 9.05 Å². The van der Waals surface area contributed by atoms with Crippen LogP contribution >= 0.6 is 7.82 Å². The van der Waals surface area contributed by atoms with Gasteiger partial charge >= 0.3 is 0 Å². The largest absolute Gasteiger partial charge is 0.756 e. The molecule has 9 heteroatoms.